The maximum atomic E-state index is 13.1. The minimum atomic E-state index is -3.92. The lowest BCUT2D eigenvalue weighted by Gasteiger charge is -2.21. The second-order valence-electron chi connectivity index (χ2n) is 7.17. The first-order valence-electron chi connectivity index (χ1n) is 9.93. The molecule has 1 heterocycles. The van der Waals surface area contributed by atoms with Crippen molar-refractivity contribution in [1.29, 1.82) is 0 Å². The summed E-state index contributed by atoms with van der Waals surface area (Å²) >= 11 is 3.30. The van der Waals surface area contributed by atoms with Gasteiger partial charge in [0.05, 0.1) is 4.90 Å². The van der Waals surface area contributed by atoms with Gasteiger partial charge in [0.15, 0.2) is 11.5 Å². The molecule has 0 aromatic heterocycles. The van der Waals surface area contributed by atoms with Crippen LogP contribution in [0.2, 0.25) is 0 Å². The third-order valence-corrected chi connectivity index (χ3v) is 6.85. The van der Waals surface area contributed by atoms with E-state index in [4.69, 9.17) is 9.47 Å². The summed E-state index contributed by atoms with van der Waals surface area (Å²) in [6, 6.07) is 19.5. The molecule has 0 aliphatic carbocycles. The molecule has 166 valence electrons. The first-order chi connectivity index (χ1) is 15.4. The lowest BCUT2D eigenvalue weighted by molar-refractivity contribution is -0.117. The fourth-order valence-electron chi connectivity index (χ4n) is 3.26. The third-order valence-electron chi connectivity index (χ3n) is 4.83. The van der Waals surface area contributed by atoms with E-state index in [1.165, 1.54) is 12.1 Å². The van der Waals surface area contributed by atoms with Gasteiger partial charge in [-0.3, -0.25) is 4.79 Å². The fourth-order valence-corrected chi connectivity index (χ4v) is 4.72. The van der Waals surface area contributed by atoms with E-state index in [0.717, 1.165) is 10.0 Å². The lowest BCUT2D eigenvalue weighted by Crippen LogP contribution is -2.45. The van der Waals surface area contributed by atoms with Crippen LogP contribution in [0.4, 0.5) is 5.69 Å². The number of hydrogen-bond acceptors (Lipinski definition) is 5. The number of ether oxygens (including phenoxy) is 2. The summed E-state index contributed by atoms with van der Waals surface area (Å²) in [7, 11) is -3.92. The number of halogens is 1. The molecule has 1 amide bonds. The van der Waals surface area contributed by atoms with E-state index in [9.17, 15) is 13.2 Å². The van der Waals surface area contributed by atoms with Crippen LogP contribution in [0.5, 0.6) is 11.5 Å². The third kappa shape index (κ3) is 5.48. The monoisotopic (exact) mass is 516 g/mol. The highest BCUT2D eigenvalue weighted by atomic mass is 79.9. The van der Waals surface area contributed by atoms with Crippen LogP contribution in [-0.2, 0) is 21.2 Å². The zero-order chi connectivity index (χ0) is 22.6. The van der Waals surface area contributed by atoms with E-state index in [1.807, 2.05) is 30.3 Å². The van der Waals surface area contributed by atoms with Crippen LogP contribution in [0.3, 0.4) is 0 Å². The molecule has 0 bridgehead atoms. The van der Waals surface area contributed by atoms with Gasteiger partial charge in [-0.05, 0) is 48.4 Å². The van der Waals surface area contributed by atoms with Gasteiger partial charge >= 0.3 is 0 Å². The molecule has 0 unspecified atom stereocenters. The normalized spacial score (nSPS) is 13.9. The Morgan fingerprint density at radius 2 is 1.62 bits per heavy atom. The Kier molecular flexibility index (Phi) is 6.78. The maximum absolute atomic E-state index is 13.1. The lowest BCUT2D eigenvalue weighted by atomic mass is 10.1. The maximum Gasteiger partial charge on any atom is 0.242 e. The van der Waals surface area contributed by atoms with Gasteiger partial charge in [0.1, 0.15) is 19.3 Å². The molecule has 2 N–H and O–H groups in total. The zero-order valence-electron chi connectivity index (χ0n) is 17.0. The van der Waals surface area contributed by atoms with E-state index >= 15 is 0 Å². The Labute approximate surface area is 194 Å². The number of carbonyl (C=O) groups excluding carboxylic acids is 1. The first-order valence-corrected chi connectivity index (χ1v) is 12.2. The van der Waals surface area contributed by atoms with Crippen molar-refractivity contribution < 1.29 is 22.7 Å². The summed E-state index contributed by atoms with van der Waals surface area (Å²) in [5.74, 6) is 0.654. The van der Waals surface area contributed by atoms with Crippen LogP contribution in [0.1, 0.15) is 5.56 Å². The van der Waals surface area contributed by atoms with Crippen LogP contribution in [0, 0.1) is 0 Å². The summed E-state index contributed by atoms with van der Waals surface area (Å²) in [5, 5.41) is 2.79. The van der Waals surface area contributed by atoms with Gasteiger partial charge in [-0.1, -0.05) is 46.3 Å². The summed E-state index contributed by atoms with van der Waals surface area (Å²) in [6.45, 7) is 0.893. The molecule has 4 rings (SSSR count). The van der Waals surface area contributed by atoms with Crippen LogP contribution in [-0.4, -0.2) is 33.6 Å². The van der Waals surface area contributed by atoms with Crippen LogP contribution < -0.4 is 19.5 Å². The molecule has 32 heavy (non-hydrogen) atoms. The highest BCUT2D eigenvalue weighted by molar-refractivity contribution is 9.10. The molecule has 1 aliphatic rings. The predicted octanol–water partition coefficient (Wildman–Crippen LogP) is 3.75. The van der Waals surface area contributed by atoms with Gasteiger partial charge in [-0.15, -0.1) is 0 Å². The molecule has 1 aliphatic heterocycles. The molecule has 0 saturated heterocycles. The van der Waals surface area contributed by atoms with Crippen molar-refractivity contribution in [2.45, 2.75) is 17.4 Å². The summed E-state index contributed by atoms with van der Waals surface area (Å²) in [6.07, 6.45) is 0.187. The number of fused-ring (bicyclic) bond motifs is 1. The number of hydrogen-bond donors (Lipinski definition) is 2. The van der Waals surface area contributed by atoms with Gasteiger partial charge in [-0.25, -0.2) is 8.42 Å². The number of anilines is 1. The Bertz CT molecular complexity index is 1200. The van der Waals surface area contributed by atoms with Gasteiger partial charge < -0.3 is 14.8 Å². The van der Waals surface area contributed by atoms with E-state index in [2.05, 4.69) is 26.0 Å². The number of rotatable bonds is 7. The Hall–Kier alpha value is -2.88. The van der Waals surface area contributed by atoms with E-state index < -0.39 is 22.0 Å². The van der Waals surface area contributed by atoms with Crippen molar-refractivity contribution in [2.24, 2.45) is 0 Å². The van der Waals surface area contributed by atoms with Crippen LogP contribution >= 0.6 is 15.9 Å². The average Bonchev–Trinajstić information content (AvgIpc) is 2.79. The minimum Gasteiger partial charge on any atom is -0.486 e. The molecule has 3 aromatic carbocycles. The molecule has 3 aromatic rings. The second-order valence-corrected chi connectivity index (χ2v) is 9.79. The zero-order valence-corrected chi connectivity index (χ0v) is 19.4. The summed E-state index contributed by atoms with van der Waals surface area (Å²) < 4.78 is 40.3. The fraction of sp³-hybridized carbons (Fsp3) is 0.174. The van der Waals surface area contributed by atoms with Crippen LogP contribution in [0.25, 0.3) is 0 Å². The number of nitrogens with one attached hydrogen (secondary N) is 2. The molecule has 0 radical (unpaired) electrons. The number of amides is 1. The molecular weight excluding hydrogens is 496 g/mol. The van der Waals surface area contributed by atoms with Gasteiger partial charge in [-0.2, -0.15) is 4.72 Å². The Morgan fingerprint density at radius 1 is 0.938 bits per heavy atom. The topological polar surface area (TPSA) is 93.7 Å². The van der Waals surface area contributed by atoms with Crippen molar-refractivity contribution in [3.63, 3.8) is 0 Å². The highest BCUT2D eigenvalue weighted by Gasteiger charge is 2.26. The molecule has 0 fully saturated rings. The number of sulfonamides is 1. The summed E-state index contributed by atoms with van der Waals surface area (Å²) in [5.41, 5.74) is 1.31. The van der Waals surface area contributed by atoms with Crippen molar-refractivity contribution in [1.82, 2.24) is 4.72 Å². The quantitative estimate of drug-likeness (QED) is 0.498. The number of benzene rings is 3. The highest BCUT2D eigenvalue weighted by Crippen LogP contribution is 2.32. The Balaban J connectivity index is 1.57. The first kappa shape index (κ1) is 22.3. The molecule has 0 spiro atoms. The second kappa shape index (κ2) is 9.72. The Morgan fingerprint density at radius 3 is 2.34 bits per heavy atom. The predicted molar refractivity (Wildman–Crippen MR) is 124 cm³/mol. The van der Waals surface area contributed by atoms with E-state index in [0.29, 0.717) is 30.4 Å². The van der Waals surface area contributed by atoms with Crippen molar-refractivity contribution in [3.8, 4) is 11.5 Å². The van der Waals surface area contributed by atoms with Gasteiger partial charge in [0.2, 0.25) is 15.9 Å². The van der Waals surface area contributed by atoms with Gasteiger partial charge in [0, 0.05) is 16.2 Å². The average molecular weight is 517 g/mol. The summed E-state index contributed by atoms with van der Waals surface area (Å²) in [4.78, 5) is 13.2. The largest absolute Gasteiger partial charge is 0.486 e. The van der Waals surface area contributed by atoms with Crippen molar-refractivity contribution >= 4 is 37.5 Å². The standard InChI is InChI=1S/C23H21BrN2O5S/c24-17-6-9-19(10-7-17)32(28,29)26-20(14-16-4-2-1-3-5-16)23(27)25-18-8-11-21-22(15-18)31-13-12-30-21/h1-11,15,20,26H,12-14H2,(H,25,27)/t20-/m0/s1. The molecule has 9 heteroatoms. The smallest absolute Gasteiger partial charge is 0.242 e. The van der Waals surface area contributed by atoms with Crippen molar-refractivity contribution in [2.75, 3.05) is 18.5 Å². The molecule has 7 nitrogen and oxygen atoms in total. The SMILES string of the molecule is O=C(Nc1ccc2c(c1)OCCO2)[C@H](Cc1ccccc1)NS(=O)(=O)c1ccc(Br)cc1. The molecular formula is C23H21BrN2O5S. The molecule has 1 atom stereocenters. The molecule has 0 saturated carbocycles. The number of carbonyl (C=O) groups is 1. The van der Waals surface area contributed by atoms with Gasteiger partial charge in [0.25, 0.3) is 0 Å². The van der Waals surface area contributed by atoms with E-state index in [1.54, 1.807) is 30.3 Å². The minimum absolute atomic E-state index is 0.0749. The van der Waals surface area contributed by atoms with Crippen molar-refractivity contribution in [3.05, 3.63) is 82.8 Å². The van der Waals surface area contributed by atoms with Crippen LogP contribution in [0.15, 0.2) is 82.2 Å². The van der Waals surface area contributed by atoms with E-state index in [-0.39, 0.29) is 11.3 Å².